The number of halogens is 1. The first-order valence-electron chi connectivity index (χ1n) is 3.77. The second-order valence-corrected chi connectivity index (χ2v) is 4.53. The van der Waals surface area contributed by atoms with Crippen molar-refractivity contribution in [2.45, 2.75) is 18.9 Å². The van der Waals surface area contributed by atoms with Crippen molar-refractivity contribution in [2.24, 2.45) is 11.7 Å². The smallest absolute Gasteiger partial charge is 0.0976 e. The molecule has 1 aromatic heterocycles. The van der Waals surface area contributed by atoms with Gasteiger partial charge in [0.25, 0.3) is 0 Å². The minimum absolute atomic E-state index is 0.189. The first-order chi connectivity index (χ1) is 5.29. The fourth-order valence-corrected chi connectivity index (χ4v) is 2.27. The van der Waals surface area contributed by atoms with Crippen molar-refractivity contribution in [3.8, 4) is 0 Å². The summed E-state index contributed by atoms with van der Waals surface area (Å²) >= 11 is 7.51. The highest BCUT2D eigenvalue weighted by Crippen LogP contribution is 2.42. The largest absolute Gasteiger partial charge is 0.324 e. The summed E-state index contributed by atoms with van der Waals surface area (Å²) < 4.78 is 0.865. The lowest BCUT2D eigenvalue weighted by Gasteiger charge is -2.07. The molecule has 1 aliphatic rings. The fraction of sp³-hybridized carbons (Fsp3) is 0.500. The van der Waals surface area contributed by atoms with Gasteiger partial charge in [-0.15, -0.1) is 11.3 Å². The Labute approximate surface area is 75.2 Å². The van der Waals surface area contributed by atoms with Crippen LogP contribution in [0.5, 0.6) is 0 Å². The molecular formula is C8H10ClNS. The van der Waals surface area contributed by atoms with Crippen LogP contribution < -0.4 is 5.73 Å². The Balaban J connectivity index is 2.20. The zero-order chi connectivity index (χ0) is 7.84. The van der Waals surface area contributed by atoms with E-state index in [2.05, 4.69) is 0 Å². The van der Waals surface area contributed by atoms with Crippen LogP contribution in [0.1, 0.15) is 24.4 Å². The summed E-state index contributed by atoms with van der Waals surface area (Å²) in [7, 11) is 0. The highest BCUT2D eigenvalue weighted by atomic mass is 35.5. The maximum Gasteiger partial charge on any atom is 0.0976 e. The van der Waals surface area contributed by atoms with E-state index >= 15 is 0 Å². The summed E-state index contributed by atoms with van der Waals surface area (Å²) in [6, 6.07) is 2.23. The number of hydrogen-bond acceptors (Lipinski definition) is 2. The third kappa shape index (κ3) is 1.43. The molecule has 1 fully saturated rings. The van der Waals surface area contributed by atoms with Gasteiger partial charge in [0.05, 0.1) is 4.34 Å². The molecule has 0 aliphatic heterocycles. The van der Waals surface area contributed by atoms with Crippen molar-refractivity contribution in [1.29, 1.82) is 0 Å². The van der Waals surface area contributed by atoms with Gasteiger partial charge in [0, 0.05) is 6.04 Å². The number of thiophene rings is 1. The lowest BCUT2D eigenvalue weighted by molar-refractivity contribution is 0.636. The summed E-state index contributed by atoms with van der Waals surface area (Å²) in [5.41, 5.74) is 7.11. The topological polar surface area (TPSA) is 26.0 Å². The zero-order valence-corrected chi connectivity index (χ0v) is 7.66. The van der Waals surface area contributed by atoms with Gasteiger partial charge < -0.3 is 5.73 Å². The van der Waals surface area contributed by atoms with Crippen LogP contribution in [0.25, 0.3) is 0 Å². The van der Waals surface area contributed by atoms with E-state index in [0.717, 1.165) is 9.90 Å². The summed E-state index contributed by atoms with van der Waals surface area (Å²) in [5.74, 6) is 0.696. The fourth-order valence-electron chi connectivity index (χ4n) is 1.25. The van der Waals surface area contributed by atoms with Crippen molar-refractivity contribution >= 4 is 22.9 Å². The number of hydrogen-bond donors (Lipinski definition) is 1. The molecular weight excluding hydrogens is 178 g/mol. The Bertz CT molecular complexity index is 254. The van der Waals surface area contributed by atoms with Gasteiger partial charge in [-0.1, -0.05) is 11.6 Å². The highest BCUT2D eigenvalue weighted by Gasteiger charge is 2.30. The normalized spacial score (nSPS) is 20.2. The quantitative estimate of drug-likeness (QED) is 0.757. The molecule has 3 heteroatoms. The third-order valence-corrected chi connectivity index (χ3v) is 3.34. The van der Waals surface area contributed by atoms with E-state index in [4.69, 9.17) is 17.3 Å². The van der Waals surface area contributed by atoms with E-state index in [1.807, 2.05) is 11.4 Å². The van der Waals surface area contributed by atoms with Gasteiger partial charge in [0.1, 0.15) is 0 Å². The van der Waals surface area contributed by atoms with Crippen molar-refractivity contribution < 1.29 is 0 Å². The van der Waals surface area contributed by atoms with E-state index < -0.39 is 0 Å². The molecule has 11 heavy (non-hydrogen) atoms. The van der Waals surface area contributed by atoms with Gasteiger partial charge in [-0.3, -0.25) is 0 Å². The predicted molar refractivity (Wildman–Crippen MR) is 49.0 cm³/mol. The van der Waals surface area contributed by atoms with Crippen LogP contribution in [0.4, 0.5) is 0 Å². The summed E-state index contributed by atoms with van der Waals surface area (Å²) in [6.45, 7) is 0. The van der Waals surface area contributed by atoms with Crippen LogP contribution in [0.2, 0.25) is 4.34 Å². The van der Waals surface area contributed by atoms with Gasteiger partial charge in [-0.2, -0.15) is 0 Å². The van der Waals surface area contributed by atoms with E-state index in [1.165, 1.54) is 12.8 Å². The maximum absolute atomic E-state index is 5.97. The zero-order valence-electron chi connectivity index (χ0n) is 6.09. The Hall–Kier alpha value is -0.0500. The molecule has 2 rings (SSSR count). The highest BCUT2D eigenvalue weighted by molar-refractivity contribution is 7.14. The van der Waals surface area contributed by atoms with Crippen molar-refractivity contribution in [1.82, 2.24) is 0 Å². The van der Waals surface area contributed by atoms with Crippen molar-refractivity contribution in [3.05, 3.63) is 21.3 Å². The second-order valence-electron chi connectivity index (χ2n) is 3.01. The SMILES string of the molecule is NC(c1ccsc1Cl)C1CC1. The molecule has 0 aromatic carbocycles. The van der Waals surface area contributed by atoms with Crippen molar-refractivity contribution in [3.63, 3.8) is 0 Å². The van der Waals surface area contributed by atoms with Crippen LogP contribution in [-0.4, -0.2) is 0 Å². The monoisotopic (exact) mass is 187 g/mol. The van der Waals surface area contributed by atoms with E-state index in [-0.39, 0.29) is 6.04 Å². The predicted octanol–water partition coefficient (Wildman–Crippen LogP) is 2.81. The van der Waals surface area contributed by atoms with E-state index in [0.29, 0.717) is 5.92 Å². The Morgan fingerprint density at radius 3 is 2.82 bits per heavy atom. The lowest BCUT2D eigenvalue weighted by Crippen LogP contribution is -2.11. The van der Waals surface area contributed by atoms with Gasteiger partial charge in [-0.05, 0) is 35.8 Å². The molecule has 0 spiro atoms. The Kier molecular flexibility index (Phi) is 1.91. The molecule has 1 unspecified atom stereocenters. The molecule has 0 bridgehead atoms. The molecule has 60 valence electrons. The number of rotatable bonds is 2. The molecule has 1 heterocycles. The molecule has 1 saturated carbocycles. The molecule has 1 aliphatic carbocycles. The molecule has 2 N–H and O–H groups in total. The molecule has 1 atom stereocenters. The summed E-state index contributed by atoms with van der Waals surface area (Å²) in [4.78, 5) is 0. The first kappa shape index (κ1) is 7.59. The average molecular weight is 188 g/mol. The minimum atomic E-state index is 0.189. The first-order valence-corrected chi connectivity index (χ1v) is 5.03. The van der Waals surface area contributed by atoms with Gasteiger partial charge >= 0.3 is 0 Å². The number of nitrogens with two attached hydrogens (primary N) is 1. The van der Waals surface area contributed by atoms with E-state index in [1.54, 1.807) is 11.3 Å². The van der Waals surface area contributed by atoms with Crippen LogP contribution in [0.3, 0.4) is 0 Å². The van der Waals surface area contributed by atoms with Crippen LogP contribution >= 0.6 is 22.9 Å². The molecule has 1 aromatic rings. The van der Waals surface area contributed by atoms with Gasteiger partial charge in [0.15, 0.2) is 0 Å². The molecule has 0 amide bonds. The Morgan fingerprint density at radius 1 is 1.64 bits per heavy atom. The van der Waals surface area contributed by atoms with Gasteiger partial charge in [0.2, 0.25) is 0 Å². The van der Waals surface area contributed by atoms with Gasteiger partial charge in [-0.25, -0.2) is 0 Å². The van der Waals surface area contributed by atoms with E-state index in [9.17, 15) is 0 Å². The molecule has 0 saturated heterocycles. The lowest BCUT2D eigenvalue weighted by atomic mass is 10.1. The third-order valence-electron chi connectivity index (χ3n) is 2.14. The maximum atomic E-state index is 5.97. The standard InChI is InChI=1S/C8H10ClNS/c9-8-6(3-4-11-8)7(10)5-1-2-5/h3-5,7H,1-2,10H2. The summed E-state index contributed by atoms with van der Waals surface area (Å²) in [5, 5.41) is 2.00. The van der Waals surface area contributed by atoms with Crippen LogP contribution in [0.15, 0.2) is 11.4 Å². The summed E-state index contributed by atoms with van der Waals surface area (Å²) in [6.07, 6.45) is 2.54. The average Bonchev–Trinajstić information content (AvgIpc) is 2.74. The van der Waals surface area contributed by atoms with Crippen LogP contribution in [-0.2, 0) is 0 Å². The molecule has 1 nitrogen and oxygen atoms in total. The minimum Gasteiger partial charge on any atom is -0.324 e. The van der Waals surface area contributed by atoms with Crippen molar-refractivity contribution in [2.75, 3.05) is 0 Å². The van der Waals surface area contributed by atoms with Crippen LogP contribution in [0, 0.1) is 5.92 Å². The molecule has 0 radical (unpaired) electrons. The Morgan fingerprint density at radius 2 is 2.36 bits per heavy atom. The second kappa shape index (κ2) is 2.77.